The summed E-state index contributed by atoms with van der Waals surface area (Å²) in [6, 6.07) is 4.10. The van der Waals surface area contributed by atoms with Gasteiger partial charge in [-0.15, -0.1) is 0 Å². The number of aliphatic hydroxyl groups is 4. The Bertz CT molecular complexity index is 857. The van der Waals surface area contributed by atoms with E-state index in [1.165, 1.54) is 18.2 Å². The fourth-order valence-electron chi connectivity index (χ4n) is 4.69. The molecule has 0 aliphatic heterocycles. The van der Waals surface area contributed by atoms with E-state index in [2.05, 4.69) is 0 Å². The van der Waals surface area contributed by atoms with Gasteiger partial charge in [-0.3, -0.25) is 9.59 Å². The lowest BCUT2D eigenvalue weighted by Gasteiger charge is -2.51. The van der Waals surface area contributed by atoms with Gasteiger partial charge in [0.2, 0.25) is 0 Å². The van der Waals surface area contributed by atoms with Crippen LogP contribution in [-0.2, 0) is 4.79 Å². The standard InChI is InChI=1S/C19H20O7/c1-7-5-11(21)13-9(16(7)23)6-12(22)19(26)15(13)17(24)8-3-2-4-10(20)14(8)18(19)25/h2-4,7,12,15-16,18,20,22-23,25-26H,5-6H2,1H3/t7-,12-,15-,16+,18+,19+/m0/s1. The highest BCUT2D eigenvalue weighted by Gasteiger charge is 2.63. The van der Waals surface area contributed by atoms with Crippen molar-refractivity contribution in [3.05, 3.63) is 40.5 Å². The molecule has 0 unspecified atom stereocenters. The monoisotopic (exact) mass is 360 g/mol. The van der Waals surface area contributed by atoms with Crippen LogP contribution in [0.4, 0.5) is 0 Å². The number of aromatic hydroxyl groups is 1. The van der Waals surface area contributed by atoms with Gasteiger partial charge < -0.3 is 25.5 Å². The smallest absolute Gasteiger partial charge is 0.174 e. The minimum absolute atomic E-state index is 0.00552. The first-order chi connectivity index (χ1) is 12.2. The first kappa shape index (κ1) is 17.4. The second-order valence-corrected chi connectivity index (χ2v) is 7.53. The Hall–Kier alpha value is -2.06. The third-order valence-electron chi connectivity index (χ3n) is 6.07. The summed E-state index contributed by atoms with van der Waals surface area (Å²) in [5, 5.41) is 53.1. The molecule has 26 heavy (non-hydrogen) atoms. The zero-order chi connectivity index (χ0) is 19.0. The molecule has 0 spiro atoms. The predicted molar refractivity (Wildman–Crippen MR) is 88.3 cm³/mol. The Morgan fingerprint density at radius 1 is 1.12 bits per heavy atom. The van der Waals surface area contributed by atoms with Gasteiger partial charge in [-0.2, -0.15) is 0 Å². The Labute approximate surface area is 149 Å². The van der Waals surface area contributed by atoms with Crippen LogP contribution in [0.3, 0.4) is 0 Å². The van der Waals surface area contributed by atoms with E-state index in [-0.39, 0.29) is 52.6 Å². The van der Waals surface area contributed by atoms with Gasteiger partial charge in [-0.25, -0.2) is 0 Å². The molecule has 0 saturated carbocycles. The number of benzene rings is 1. The number of hydrogen-bond donors (Lipinski definition) is 5. The van der Waals surface area contributed by atoms with E-state index < -0.39 is 35.6 Å². The topological polar surface area (TPSA) is 135 Å². The van der Waals surface area contributed by atoms with E-state index in [0.717, 1.165) is 0 Å². The van der Waals surface area contributed by atoms with Crippen molar-refractivity contribution in [3.63, 3.8) is 0 Å². The maximum Gasteiger partial charge on any atom is 0.174 e. The van der Waals surface area contributed by atoms with Crippen LogP contribution in [0.15, 0.2) is 29.3 Å². The number of carbonyl (C=O) groups excluding carboxylic acids is 2. The van der Waals surface area contributed by atoms with Crippen molar-refractivity contribution in [2.45, 2.75) is 43.7 Å². The average Bonchev–Trinajstić information content (AvgIpc) is 2.59. The maximum absolute atomic E-state index is 13.1. The first-order valence-corrected chi connectivity index (χ1v) is 8.58. The van der Waals surface area contributed by atoms with Gasteiger partial charge in [0.15, 0.2) is 11.6 Å². The summed E-state index contributed by atoms with van der Waals surface area (Å²) >= 11 is 0. The number of phenols is 1. The van der Waals surface area contributed by atoms with E-state index in [4.69, 9.17) is 0 Å². The largest absolute Gasteiger partial charge is 0.508 e. The lowest BCUT2D eigenvalue weighted by molar-refractivity contribution is -0.176. The number of fused-ring (bicyclic) bond motifs is 3. The quantitative estimate of drug-likeness (QED) is 0.439. The van der Waals surface area contributed by atoms with Crippen LogP contribution in [0.25, 0.3) is 0 Å². The second kappa shape index (κ2) is 5.47. The van der Waals surface area contributed by atoms with Gasteiger partial charge >= 0.3 is 0 Å². The van der Waals surface area contributed by atoms with Crippen LogP contribution in [0.1, 0.15) is 41.8 Å². The summed E-state index contributed by atoms with van der Waals surface area (Å²) in [4.78, 5) is 25.8. The molecule has 0 aromatic heterocycles. The lowest BCUT2D eigenvalue weighted by atomic mass is 9.57. The molecule has 6 atom stereocenters. The van der Waals surface area contributed by atoms with E-state index in [1.54, 1.807) is 6.92 Å². The number of phenolic OH excluding ortho intramolecular Hbond substituents is 1. The first-order valence-electron chi connectivity index (χ1n) is 8.58. The molecular formula is C19H20O7. The Kier molecular flexibility index (Phi) is 3.65. The molecule has 1 aromatic carbocycles. The lowest BCUT2D eigenvalue weighted by Crippen LogP contribution is -2.63. The predicted octanol–water partition coefficient (Wildman–Crippen LogP) is 0.000200. The summed E-state index contributed by atoms with van der Waals surface area (Å²) < 4.78 is 0. The number of aliphatic hydroxyl groups excluding tert-OH is 3. The second-order valence-electron chi connectivity index (χ2n) is 7.53. The van der Waals surface area contributed by atoms with Gasteiger partial charge in [0.25, 0.3) is 0 Å². The van der Waals surface area contributed by atoms with Crippen molar-refractivity contribution in [1.82, 2.24) is 0 Å². The van der Waals surface area contributed by atoms with Crippen LogP contribution in [-0.4, -0.2) is 54.9 Å². The molecular weight excluding hydrogens is 340 g/mol. The third kappa shape index (κ3) is 1.97. The van der Waals surface area contributed by atoms with Crippen LogP contribution < -0.4 is 0 Å². The number of hydrogen-bond acceptors (Lipinski definition) is 7. The van der Waals surface area contributed by atoms with E-state index in [1.807, 2.05) is 0 Å². The summed E-state index contributed by atoms with van der Waals surface area (Å²) in [6.07, 6.45) is -4.55. The molecule has 4 rings (SSSR count). The molecule has 0 fully saturated rings. The molecule has 3 aliphatic rings. The average molecular weight is 360 g/mol. The molecule has 0 amide bonds. The summed E-state index contributed by atoms with van der Waals surface area (Å²) in [6.45, 7) is 1.70. The number of Topliss-reactive ketones (excluding diaryl/α,β-unsaturated/α-hetero) is 2. The van der Waals surface area contributed by atoms with Crippen LogP contribution in [0, 0.1) is 11.8 Å². The van der Waals surface area contributed by atoms with Gasteiger partial charge in [0, 0.05) is 29.5 Å². The fourth-order valence-corrected chi connectivity index (χ4v) is 4.69. The molecule has 5 N–H and O–H groups in total. The third-order valence-corrected chi connectivity index (χ3v) is 6.07. The van der Waals surface area contributed by atoms with E-state index in [9.17, 15) is 35.1 Å². The van der Waals surface area contributed by atoms with Crippen molar-refractivity contribution in [1.29, 1.82) is 0 Å². The summed E-state index contributed by atoms with van der Waals surface area (Å²) in [7, 11) is 0. The van der Waals surface area contributed by atoms with Crippen molar-refractivity contribution in [3.8, 4) is 5.75 Å². The van der Waals surface area contributed by atoms with Crippen molar-refractivity contribution < 1.29 is 35.1 Å². The molecule has 0 heterocycles. The zero-order valence-corrected chi connectivity index (χ0v) is 14.1. The number of rotatable bonds is 0. The minimum Gasteiger partial charge on any atom is -0.508 e. The van der Waals surface area contributed by atoms with Crippen LogP contribution in [0.5, 0.6) is 5.75 Å². The number of ketones is 2. The van der Waals surface area contributed by atoms with Gasteiger partial charge in [0.1, 0.15) is 17.5 Å². The van der Waals surface area contributed by atoms with Crippen LogP contribution >= 0.6 is 0 Å². The van der Waals surface area contributed by atoms with Gasteiger partial charge in [0.05, 0.1) is 18.1 Å². The minimum atomic E-state index is -2.35. The Balaban J connectivity index is 2.00. The molecule has 3 aliphatic carbocycles. The summed E-state index contributed by atoms with van der Waals surface area (Å²) in [5.41, 5.74) is -2.27. The molecule has 0 radical (unpaired) electrons. The van der Waals surface area contributed by atoms with E-state index >= 15 is 0 Å². The molecule has 7 heteroatoms. The van der Waals surface area contributed by atoms with Gasteiger partial charge in [-0.1, -0.05) is 19.1 Å². The van der Waals surface area contributed by atoms with Crippen molar-refractivity contribution >= 4 is 11.6 Å². The number of carbonyl (C=O) groups is 2. The molecule has 138 valence electrons. The normalized spacial score (nSPS) is 39.3. The van der Waals surface area contributed by atoms with Crippen LogP contribution in [0.2, 0.25) is 0 Å². The molecule has 0 bridgehead atoms. The fraction of sp³-hybridized carbons (Fsp3) is 0.474. The van der Waals surface area contributed by atoms with Crippen molar-refractivity contribution in [2.75, 3.05) is 0 Å². The Morgan fingerprint density at radius 3 is 2.50 bits per heavy atom. The van der Waals surface area contributed by atoms with Gasteiger partial charge in [-0.05, 0) is 17.6 Å². The van der Waals surface area contributed by atoms with Crippen molar-refractivity contribution in [2.24, 2.45) is 11.8 Å². The highest BCUT2D eigenvalue weighted by Crippen LogP contribution is 2.54. The SMILES string of the molecule is C[C@H]1CC(=O)C2=C(C[C@H](O)[C@@]3(O)[C@@H]2C(=O)c2cccc(O)c2[C@H]3O)[C@@H]1O. The molecule has 7 nitrogen and oxygen atoms in total. The highest BCUT2D eigenvalue weighted by molar-refractivity contribution is 6.11. The zero-order valence-electron chi connectivity index (χ0n) is 14.1. The molecule has 1 aromatic rings. The summed E-state index contributed by atoms with van der Waals surface area (Å²) in [5.74, 6) is -3.26. The van der Waals surface area contributed by atoms with E-state index in [0.29, 0.717) is 0 Å². The highest BCUT2D eigenvalue weighted by atomic mass is 16.4. The maximum atomic E-state index is 13.1. The molecule has 0 saturated heterocycles. The Morgan fingerprint density at radius 2 is 1.81 bits per heavy atom.